The molecule has 0 aliphatic rings. The molecule has 0 saturated carbocycles. The van der Waals surface area contributed by atoms with Crippen molar-refractivity contribution in [1.29, 1.82) is 0 Å². The van der Waals surface area contributed by atoms with Crippen LogP contribution in [0.4, 0.5) is 0 Å². The van der Waals surface area contributed by atoms with E-state index in [-0.39, 0.29) is 11.7 Å². The molecule has 1 N–H and O–H groups in total. The van der Waals surface area contributed by atoms with Crippen LogP contribution >= 0.6 is 58.2 Å². The van der Waals surface area contributed by atoms with Crippen molar-refractivity contribution in [1.82, 2.24) is 9.99 Å². The van der Waals surface area contributed by atoms with Gasteiger partial charge < -0.3 is 4.57 Å². The number of hydrazone groups is 1. The van der Waals surface area contributed by atoms with Crippen LogP contribution in [0.25, 0.3) is 5.69 Å². The third-order valence-electron chi connectivity index (χ3n) is 4.56. The summed E-state index contributed by atoms with van der Waals surface area (Å²) in [5.74, 6) is 0.565. The van der Waals surface area contributed by atoms with Crippen LogP contribution in [-0.2, 0) is 10.5 Å². The van der Waals surface area contributed by atoms with Crippen LogP contribution < -0.4 is 5.43 Å². The predicted octanol–water partition coefficient (Wildman–Crippen LogP) is 7.09. The number of amides is 1. The van der Waals surface area contributed by atoms with E-state index < -0.39 is 0 Å². The summed E-state index contributed by atoms with van der Waals surface area (Å²) >= 11 is 26.1. The molecule has 0 saturated heterocycles. The van der Waals surface area contributed by atoms with Gasteiger partial charge in [0.15, 0.2) is 0 Å². The lowest BCUT2D eigenvalue weighted by molar-refractivity contribution is -0.118. The molecule has 0 bridgehead atoms. The van der Waals surface area contributed by atoms with Gasteiger partial charge in [-0.05, 0) is 55.8 Å². The lowest BCUT2D eigenvalue weighted by atomic mass is 10.2. The normalized spacial score (nSPS) is 11.3. The monoisotopic (exact) mass is 513 g/mol. The van der Waals surface area contributed by atoms with Gasteiger partial charge in [-0.1, -0.05) is 52.5 Å². The van der Waals surface area contributed by atoms with E-state index in [1.807, 2.05) is 30.5 Å². The second-order valence-corrected chi connectivity index (χ2v) is 9.39. The van der Waals surface area contributed by atoms with Crippen LogP contribution in [0.5, 0.6) is 0 Å². The van der Waals surface area contributed by atoms with Crippen LogP contribution in [-0.4, -0.2) is 22.4 Å². The Morgan fingerprint density at radius 3 is 2.45 bits per heavy atom. The lowest BCUT2D eigenvalue weighted by Crippen LogP contribution is -2.19. The summed E-state index contributed by atoms with van der Waals surface area (Å²) in [6, 6.07) is 12.7. The molecule has 4 nitrogen and oxygen atoms in total. The number of carbonyl (C=O) groups is 1. The number of thioether (sulfide) groups is 1. The van der Waals surface area contributed by atoms with E-state index in [9.17, 15) is 4.79 Å². The Hall–Kier alpha value is -1.63. The fourth-order valence-corrected chi connectivity index (χ4v) is 5.12. The topological polar surface area (TPSA) is 46.4 Å². The SMILES string of the molecule is Cc1cc(/C=N\NC(=O)CSCc2c(Cl)cccc2Cl)c(C)n1-c1ccc(Cl)cc1Cl. The third kappa shape index (κ3) is 5.99. The quantitative estimate of drug-likeness (QED) is 0.270. The lowest BCUT2D eigenvalue weighted by Gasteiger charge is -2.11. The highest BCUT2D eigenvalue weighted by molar-refractivity contribution is 7.99. The van der Waals surface area contributed by atoms with Crippen LogP contribution in [0, 0.1) is 13.8 Å². The fraction of sp³-hybridized carbons (Fsp3) is 0.182. The van der Waals surface area contributed by atoms with Gasteiger partial charge in [-0.15, -0.1) is 11.8 Å². The summed E-state index contributed by atoms with van der Waals surface area (Å²) in [7, 11) is 0. The standard InChI is InChI=1S/C22H19Cl4N3OS/c1-13-8-15(14(2)29(13)21-7-6-16(23)9-20(21)26)10-27-28-22(30)12-31-11-17-18(24)4-3-5-19(17)25/h3-10H,11-12H2,1-2H3,(H,28,30)/b27-10-. The second kappa shape index (κ2) is 10.8. The summed E-state index contributed by atoms with van der Waals surface area (Å²) in [6.07, 6.45) is 1.62. The summed E-state index contributed by atoms with van der Waals surface area (Å²) in [6.45, 7) is 3.94. The van der Waals surface area contributed by atoms with Gasteiger partial charge in [-0.3, -0.25) is 4.79 Å². The van der Waals surface area contributed by atoms with E-state index in [1.54, 1.807) is 36.5 Å². The first-order valence-electron chi connectivity index (χ1n) is 9.25. The van der Waals surface area contributed by atoms with Crippen molar-refractivity contribution in [2.45, 2.75) is 19.6 Å². The zero-order valence-electron chi connectivity index (χ0n) is 16.8. The van der Waals surface area contributed by atoms with Crippen LogP contribution in [0.2, 0.25) is 20.1 Å². The molecule has 0 atom stereocenters. The van der Waals surface area contributed by atoms with Gasteiger partial charge in [0.25, 0.3) is 0 Å². The van der Waals surface area contributed by atoms with Crippen LogP contribution in [0.3, 0.4) is 0 Å². The van der Waals surface area contributed by atoms with Crippen molar-refractivity contribution >= 4 is 70.3 Å². The maximum atomic E-state index is 12.1. The molecule has 9 heteroatoms. The average Bonchev–Trinajstić information content (AvgIpc) is 2.98. The molecule has 1 amide bonds. The number of aryl methyl sites for hydroxylation is 1. The first kappa shape index (κ1) is 24.0. The van der Waals surface area contributed by atoms with Crippen LogP contribution in [0.1, 0.15) is 22.5 Å². The largest absolute Gasteiger partial charge is 0.316 e. The molecule has 0 aliphatic carbocycles. The van der Waals surface area contributed by atoms with Crippen molar-refractivity contribution in [3.63, 3.8) is 0 Å². The number of nitrogens with one attached hydrogen (secondary N) is 1. The van der Waals surface area contributed by atoms with E-state index in [4.69, 9.17) is 46.4 Å². The molecule has 1 heterocycles. The fourth-order valence-electron chi connectivity index (χ4n) is 3.07. The van der Waals surface area contributed by atoms with E-state index in [2.05, 4.69) is 10.5 Å². The van der Waals surface area contributed by atoms with Crippen molar-refractivity contribution in [3.8, 4) is 5.69 Å². The maximum Gasteiger partial charge on any atom is 0.250 e. The molecule has 3 aromatic rings. The molecule has 3 rings (SSSR count). The number of carbonyl (C=O) groups excluding carboxylic acids is 1. The third-order valence-corrected chi connectivity index (χ3v) is 6.76. The summed E-state index contributed by atoms with van der Waals surface area (Å²) in [5, 5.41) is 6.41. The Morgan fingerprint density at radius 2 is 1.77 bits per heavy atom. The molecular weight excluding hydrogens is 496 g/mol. The number of rotatable bonds is 7. The Labute approximate surface area is 205 Å². The first-order valence-corrected chi connectivity index (χ1v) is 11.9. The zero-order chi connectivity index (χ0) is 22.5. The number of hydrogen-bond acceptors (Lipinski definition) is 3. The van der Waals surface area contributed by atoms with Gasteiger partial charge in [-0.25, -0.2) is 5.43 Å². The van der Waals surface area contributed by atoms with E-state index in [0.717, 1.165) is 28.2 Å². The number of nitrogens with zero attached hydrogens (tertiary/aromatic N) is 2. The first-order chi connectivity index (χ1) is 14.8. The highest BCUT2D eigenvalue weighted by Crippen LogP contribution is 2.29. The molecule has 0 spiro atoms. The maximum absolute atomic E-state index is 12.1. The molecule has 0 unspecified atom stereocenters. The Bertz CT molecular complexity index is 1120. The van der Waals surface area contributed by atoms with Crippen molar-refractivity contribution in [2.75, 3.05) is 5.75 Å². The molecule has 31 heavy (non-hydrogen) atoms. The van der Waals surface area contributed by atoms with Gasteiger partial charge in [0.2, 0.25) is 5.91 Å². The number of halogens is 4. The molecule has 0 radical (unpaired) electrons. The highest BCUT2D eigenvalue weighted by Gasteiger charge is 2.13. The molecule has 0 aliphatic heterocycles. The predicted molar refractivity (Wildman–Crippen MR) is 134 cm³/mol. The minimum absolute atomic E-state index is 0.209. The number of hydrogen-bond donors (Lipinski definition) is 1. The molecule has 2 aromatic carbocycles. The Kier molecular flexibility index (Phi) is 8.36. The van der Waals surface area contributed by atoms with E-state index in [1.165, 1.54) is 11.8 Å². The molecule has 1 aromatic heterocycles. The number of aromatic nitrogens is 1. The van der Waals surface area contributed by atoms with Crippen molar-refractivity contribution in [2.24, 2.45) is 5.10 Å². The van der Waals surface area contributed by atoms with Gasteiger partial charge in [-0.2, -0.15) is 5.10 Å². The summed E-state index contributed by atoms with van der Waals surface area (Å²) < 4.78 is 2.02. The highest BCUT2D eigenvalue weighted by atomic mass is 35.5. The van der Waals surface area contributed by atoms with E-state index >= 15 is 0 Å². The number of benzene rings is 2. The molecule has 162 valence electrons. The average molecular weight is 515 g/mol. The summed E-state index contributed by atoms with van der Waals surface area (Å²) in [5.41, 5.74) is 7.01. The van der Waals surface area contributed by atoms with Crippen molar-refractivity contribution < 1.29 is 4.79 Å². The summed E-state index contributed by atoms with van der Waals surface area (Å²) in [4.78, 5) is 12.1. The second-order valence-electron chi connectivity index (χ2n) is 6.74. The molecular formula is C22H19Cl4N3OS. The van der Waals surface area contributed by atoms with Crippen LogP contribution in [0.15, 0.2) is 47.6 Å². The van der Waals surface area contributed by atoms with Gasteiger partial charge in [0, 0.05) is 37.8 Å². The molecule has 0 fully saturated rings. The smallest absolute Gasteiger partial charge is 0.250 e. The van der Waals surface area contributed by atoms with Crippen molar-refractivity contribution in [3.05, 3.63) is 85.1 Å². The van der Waals surface area contributed by atoms with Gasteiger partial charge in [0.1, 0.15) is 0 Å². The zero-order valence-corrected chi connectivity index (χ0v) is 20.6. The van der Waals surface area contributed by atoms with E-state index in [0.29, 0.717) is 25.8 Å². The minimum atomic E-state index is -0.209. The Morgan fingerprint density at radius 1 is 1.06 bits per heavy atom. The van der Waals surface area contributed by atoms with Gasteiger partial charge in [0.05, 0.1) is 22.7 Å². The Balaban J connectivity index is 1.60. The van der Waals surface area contributed by atoms with Gasteiger partial charge >= 0.3 is 0 Å². The minimum Gasteiger partial charge on any atom is -0.316 e.